The van der Waals surface area contributed by atoms with Crippen LogP contribution in [0.25, 0.3) is 22.3 Å². The van der Waals surface area contributed by atoms with E-state index in [1.54, 1.807) is 12.3 Å². The van der Waals surface area contributed by atoms with Gasteiger partial charge in [0.1, 0.15) is 5.52 Å². The Bertz CT molecular complexity index is 1250. The van der Waals surface area contributed by atoms with Gasteiger partial charge in [-0.3, -0.25) is 9.78 Å². The number of nitrogens with zero attached hydrogens (tertiary/aromatic N) is 3. The first-order chi connectivity index (χ1) is 16.8. The van der Waals surface area contributed by atoms with Gasteiger partial charge >= 0.3 is 0 Å². The first-order valence-electron chi connectivity index (χ1n) is 12.2. The second-order valence-electron chi connectivity index (χ2n) is 10.2. The molecule has 2 N–H and O–H groups in total. The summed E-state index contributed by atoms with van der Waals surface area (Å²) in [5, 5.41) is 13.3. The van der Waals surface area contributed by atoms with E-state index in [4.69, 9.17) is 16.6 Å². The molecule has 0 amide bonds. The predicted octanol–water partition coefficient (Wildman–Crippen LogP) is 5.92. The summed E-state index contributed by atoms with van der Waals surface area (Å²) in [6.07, 6.45) is 7.80. The first kappa shape index (κ1) is 23.9. The van der Waals surface area contributed by atoms with Crippen LogP contribution in [-0.2, 0) is 0 Å². The van der Waals surface area contributed by atoms with Crippen molar-refractivity contribution >= 4 is 34.1 Å². The topological polar surface area (TPSA) is 78.4 Å². The van der Waals surface area contributed by atoms with E-state index in [-0.39, 0.29) is 22.8 Å². The lowest BCUT2D eigenvalue weighted by molar-refractivity contribution is 0.0968. The molecule has 2 aliphatic carbocycles. The monoisotopic (exact) mass is 496 g/mol. The van der Waals surface area contributed by atoms with E-state index in [1.807, 2.05) is 6.07 Å². The second kappa shape index (κ2) is 9.70. The Hall–Kier alpha value is -2.77. The van der Waals surface area contributed by atoms with Crippen LogP contribution in [0.15, 0.2) is 30.5 Å². The molecule has 0 unspecified atom stereocenters. The van der Waals surface area contributed by atoms with E-state index in [0.717, 1.165) is 50.8 Å². The van der Waals surface area contributed by atoms with Crippen LogP contribution in [0, 0.1) is 17.7 Å². The van der Waals surface area contributed by atoms with Crippen LogP contribution in [0.4, 0.5) is 10.1 Å². The minimum absolute atomic E-state index is 0.0545. The number of carbonyl (C=O) groups excluding carboxylic acids is 1. The molecule has 184 valence electrons. The Morgan fingerprint density at radius 3 is 2.57 bits per heavy atom. The fourth-order valence-corrected chi connectivity index (χ4v) is 5.26. The Kier molecular flexibility index (Phi) is 6.64. The molecule has 0 aliphatic heterocycles. The number of phenolic OH excluding ortho intramolecular Hbond substituents is 1. The molecule has 2 saturated carbocycles. The summed E-state index contributed by atoms with van der Waals surface area (Å²) in [6, 6.07) is 6.51. The number of benzene rings is 1. The standard InChI is InChI=1S/C27H30ClFN4O2/c1-33(2)14-15-3-7-18(8-4-15)31-24-19(26(34)16-5-6-16)13-30-23-10-9-22(32-25(23)24)17-11-20(28)27(35)21(29)12-17/h9-13,15-16,18,35H,3-8,14H2,1-2H3,(H,30,31)/t15-,18-. The molecule has 2 aliphatic rings. The molecule has 5 rings (SSSR count). The normalized spacial score (nSPS) is 20.4. The van der Waals surface area contributed by atoms with Crippen LogP contribution in [0.2, 0.25) is 5.02 Å². The molecule has 1 aromatic carbocycles. The molecule has 8 heteroatoms. The first-order valence-corrected chi connectivity index (χ1v) is 12.6. The third-order valence-corrected chi connectivity index (χ3v) is 7.35. The van der Waals surface area contributed by atoms with Gasteiger partial charge in [0, 0.05) is 30.3 Å². The predicted molar refractivity (Wildman–Crippen MR) is 137 cm³/mol. The number of ketones is 1. The van der Waals surface area contributed by atoms with Crippen molar-refractivity contribution < 1.29 is 14.3 Å². The summed E-state index contributed by atoms with van der Waals surface area (Å²) in [5.74, 6) is -0.544. The molecule has 2 heterocycles. The maximum Gasteiger partial charge on any atom is 0.170 e. The number of aromatic nitrogens is 2. The van der Waals surface area contributed by atoms with Crippen molar-refractivity contribution in [1.82, 2.24) is 14.9 Å². The lowest BCUT2D eigenvalue weighted by atomic mass is 9.85. The van der Waals surface area contributed by atoms with Crippen molar-refractivity contribution in [3.8, 4) is 17.0 Å². The van der Waals surface area contributed by atoms with Gasteiger partial charge in [0.05, 0.1) is 27.5 Å². The highest BCUT2D eigenvalue weighted by atomic mass is 35.5. The molecule has 2 fully saturated rings. The number of Topliss-reactive ketones (excluding diaryl/α,β-unsaturated/α-hetero) is 1. The van der Waals surface area contributed by atoms with Crippen LogP contribution in [0.1, 0.15) is 48.9 Å². The molecule has 2 aromatic heterocycles. The molecule has 0 atom stereocenters. The van der Waals surface area contributed by atoms with Gasteiger partial charge in [-0.05, 0) is 82.8 Å². The van der Waals surface area contributed by atoms with Crippen LogP contribution in [0.3, 0.4) is 0 Å². The number of nitrogens with one attached hydrogen (secondary N) is 1. The van der Waals surface area contributed by atoms with Gasteiger partial charge in [-0.15, -0.1) is 0 Å². The van der Waals surface area contributed by atoms with Gasteiger partial charge in [0.2, 0.25) is 0 Å². The summed E-state index contributed by atoms with van der Waals surface area (Å²) in [7, 11) is 4.22. The molecule has 35 heavy (non-hydrogen) atoms. The van der Waals surface area contributed by atoms with Crippen molar-refractivity contribution in [3.05, 3.63) is 46.9 Å². The van der Waals surface area contributed by atoms with Gasteiger partial charge in [-0.2, -0.15) is 0 Å². The van der Waals surface area contributed by atoms with E-state index in [0.29, 0.717) is 33.8 Å². The zero-order valence-electron chi connectivity index (χ0n) is 20.0. The third-order valence-electron chi connectivity index (χ3n) is 7.06. The number of phenols is 1. The number of anilines is 1. The number of carbonyl (C=O) groups is 1. The minimum atomic E-state index is -0.807. The number of rotatable bonds is 7. The minimum Gasteiger partial charge on any atom is -0.504 e. The highest BCUT2D eigenvalue weighted by Crippen LogP contribution is 2.38. The van der Waals surface area contributed by atoms with Crippen molar-refractivity contribution in [2.75, 3.05) is 26.0 Å². The van der Waals surface area contributed by atoms with Crippen molar-refractivity contribution in [3.63, 3.8) is 0 Å². The fraction of sp³-hybridized carbons (Fsp3) is 0.444. The Labute approximate surface area is 209 Å². The highest BCUT2D eigenvalue weighted by Gasteiger charge is 2.33. The number of aromatic hydroxyl groups is 1. The Balaban J connectivity index is 1.52. The number of pyridine rings is 2. The largest absolute Gasteiger partial charge is 0.504 e. The third kappa shape index (κ3) is 5.11. The number of halogens is 2. The molecule has 0 bridgehead atoms. The van der Waals surface area contributed by atoms with Crippen LogP contribution in [0.5, 0.6) is 5.75 Å². The summed E-state index contributed by atoms with van der Waals surface area (Å²) in [4.78, 5) is 24.7. The molecule has 6 nitrogen and oxygen atoms in total. The molecular formula is C27H30ClFN4O2. The van der Waals surface area contributed by atoms with E-state index in [2.05, 4.69) is 29.3 Å². The zero-order valence-corrected chi connectivity index (χ0v) is 20.8. The van der Waals surface area contributed by atoms with Crippen LogP contribution >= 0.6 is 11.6 Å². The molecule has 0 radical (unpaired) electrons. The lowest BCUT2D eigenvalue weighted by Crippen LogP contribution is -2.31. The SMILES string of the molecule is CN(C)C[C@H]1CC[C@H](Nc2c(C(=O)C3CC3)cnc3ccc(-c4cc(F)c(O)c(Cl)c4)nc23)CC1. The van der Waals surface area contributed by atoms with Gasteiger partial charge in [-0.1, -0.05) is 11.6 Å². The van der Waals surface area contributed by atoms with E-state index >= 15 is 0 Å². The van der Waals surface area contributed by atoms with Gasteiger partial charge < -0.3 is 15.3 Å². The van der Waals surface area contributed by atoms with Crippen LogP contribution in [-0.4, -0.2) is 52.4 Å². The van der Waals surface area contributed by atoms with E-state index in [1.165, 1.54) is 12.1 Å². The fourth-order valence-electron chi connectivity index (χ4n) is 5.05. The maximum absolute atomic E-state index is 14.2. The molecular weight excluding hydrogens is 467 g/mol. The van der Waals surface area contributed by atoms with Crippen molar-refractivity contribution in [1.29, 1.82) is 0 Å². The van der Waals surface area contributed by atoms with E-state index in [9.17, 15) is 14.3 Å². The van der Waals surface area contributed by atoms with E-state index < -0.39 is 11.6 Å². The highest BCUT2D eigenvalue weighted by molar-refractivity contribution is 6.32. The van der Waals surface area contributed by atoms with Crippen molar-refractivity contribution in [2.24, 2.45) is 11.8 Å². The van der Waals surface area contributed by atoms with Gasteiger partial charge in [-0.25, -0.2) is 9.37 Å². The van der Waals surface area contributed by atoms with Gasteiger partial charge in [0.15, 0.2) is 17.3 Å². The lowest BCUT2D eigenvalue weighted by Gasteiger charge is -2.31. The Morgan fingerprint density at radius 2 is 1.91 bits per heavy atom. The average molecular weight is 497 g/mol. The smallest absolute Gasteiger partial charge is 0.170 e. The quantitative estimate of drug-likeness (QED) is 0.395. The van der Waals surface area contributed by atoms with Gasteiger partial charge in [0.25, 0.3) is 0 Å². The summed E-state index contributed by atoms with van der Waals surface area (Å²) >= 11 is 6.01. The second-order valence-corrected chi connectivity index (χ2v) is 10.6. The average Bonchev–Trinajstić information content (AvgIpc) is 3.68. The Morgan fingerprint density at radius 1 is 1.17 bits per heavy atom. The van der Waals surface area contributed by atoms with Crippen molar-refractivity contribution in [2.45, 2.75) is 44.6 Å². The summed E-state index contributed by atoms with van der Waals surface area (Å²) in [5.41, 5.74) is 3.49. The zero-order chi connectivity index (χ0) is 24.7. The van der Waals surface area contributed by atoms with Crippen LogP contribution < -0.4 is 5.32 Å². The summed E-state index contributed by atoms with van der Waals surface area (Å²) < 4.78 is 14.2. The number of fused-ring (bicyclic) bond motifs is 1. The number of hydrogen-bond donors (Lipinski definition) is 2. The maximum atomic E-state index is 14.2. The molecule has 0 spiro atoms. The summed E-state index contributed by atoms with van der Waals surface area (Å²) in [6.45, 7) is 1.09. The molecule has 3 aromatic rings. The molecule has 0 saturated heterocycles. The number of hydrogen-bond acceptors (Lipinski definition) is 6.